The zero-order valence-electron chi connectivity index (χ0n) is 17.4. The maximum Gasteiger partial charge on any atom is 0.435 e. The predicted molar refractivity (Wildman–Crippen MR) is 121 cm³/mol. The number of hydrogen-bond donors (Lipinski definition) is 1. The number of benzene rings is 2. The van der Waals surface area contributed by atoms with Crippen LogP contribution in [0.15, 0.2) is 59.8 Å². The van der Waals surface area contributed by atoms with Gasteiger partial charge in [-0.1, -0.05) is 58.7 Å². The molecule has 1 aliphatic rings. The van der Waals surface area contributed by atoms with Gasteiger partial charge in [0.05, 0.1) is 11.3 Å². The van der Waals surface area contributed by atoms with Gasteiger partial charge in [-0.3, -0.25) is 0 Å². The SMILES string of the molecule is O/N=C(/c1c(C(F)(F)F)nn(-c2ccc(Cl)cc2)c1Cl)N1CCC(Cc2ccccc2)CC1. The maximum atomic E-state index is 13.9. The van der Waals surface area contributed by atoms with Gasteiger partial charge in [-0.15, -0.1) is 0 Å². The number of aromatic nitrogens is 2. The average Bonchev–Trinajstić information content (AvgIpc) is 3.14. The van der Waals surface area contributed by atoms with Crippen molar-refractivity contribution in [3.8, 4) is 5.69 Å². The highest BCUT2D eigenvalue weighted by atomic mass is 35.5. The van der Waals surface area contributed by atoms with E-state index in [1.165, 1.54) is 29.8 Å². The van der Waals surface area contributed by atoms with Crippen molar-refractivity contribution in [1.82, 2.24) is 14.7 Å². The van der Waals surface area contributed by atoms with E-state index in [2.05, 4.69) is 22.4 Å². The van der Waals surface area contributed by atoms with Gasteiger partial charge in [0.25, 0.3) is 0 Å². The van der Waals surface area contributed by atoms with Crippen LogP contribution in [0.2, 0.25) is 10.2 Å². The Morgan fingerprint density at radius 3 is 2.24 bits per heavy atom. The van der Waals surface area contributed by atoms with Crippen molar-refractivity contribution in [2.24, 2.45) is 11.1 Å². The Kier molecular flexibility index (Phi) is 6.86. The van der Waals surface area contributed by atoms with E-state index in [1.54, 1.807) is 4.90 Å². The zero-order chi connectivity index (χ0) is 23.6. The second-order valence-electron chi connectivity index (χ2n) is 7.94. The first-order chi connectivity index (χ1) is 15.8. The van der Waals surface area contributed by atoms with Crippen molar-refractivity contribution in [2.75, 3.05) is 13.1 Å². The van der Waals surface area contributed by atoms with Crippen LogP contribution in [0.5, 0.6) is 0 Å². The molecule has 1 aliphatic heterocycles. The van der Waals surface area contributed by atoms with Crippen molar-refractivity contribution >= 4 is 29.0 Å². The van der Waals surface area contributed by atoms with Gasteiger partial charge in [0.15, 0.2) is 11.5 Å². The topological polar surface area (TPSA) is 53.7 Å². The summed E-state index contributed by atoms with van der Waals surface area (Å²) >= 11 is 12.3. The summed E-state index contributed by atoms with van der Waals surface area (Å²) in [4.78, 5) is 1.63. The van der Waals surface area contributed by atoms with E-state index >= 15 is 0 Å². The molecule has 3 aromatic rings. The summed E-state index contributed by atoms with van der Waals surface area (Å²) in [6.07, 6.45) is -2.40. The predicted octanol–water partition coefficient (Wildman–Crippen LogP) is 6.29. The third-order valence-corrected chi connectivity index (χ3v) is 6.37. The second kappa shape index (κ2) is 9.65. The van der Waals surface area contributed by atoms with E-state index in [0.717, 1.165) is 23.9 Å². The minimum Gasteiger partial charge on any atom is -0.409 e. The fourth-order valence-corrected chi connectivity index (χ4v) is 4.55. The first-order valence-corrected chi connectivity index (χ1v) is 11.2. The zero-order valence-corrected chi connectivity index (χ0v) is 18.9. The lowest BCUT2D eigenvalue weighted by molar-refractivity contribution is -0.141. The molecule has 0 radical (unpaired) electrons. The molecule has 0 aliphatic carbocycles. The second-order valence-corrected chi connectivity index (χ2v) is 8.74. The molecule has 0 amide bonds. The Labute approximate surface area is 199 Å². The molecule has 1 fully saturated rings. The summed E-state index contributed by atoms with van der Waals surface area (Å²) in [5.41, 5.74) is -0.122. The molecule has 4 rings (SSSR count). The number of hydrogen-bond acceptors (Lipinski definition) is 3. The molecule has 2 aromatic carbocycles. The van der Waals surface area contributed by atoms with E-state index in [9.17, 15) is 18.4 Å². The van der Waals surface area contributed by atoms with E-state index < -0.39 is 17.4 Å². The van der Waals surface area contributed by atoms with E-state index in [-0.39, 0.29) is 11.0 Å². The number of halogens is 5. The standard InChI is InChI=1S/C23H21Cl2F3N4O/c24-17-6-8-18(9-7-17)32-21(25)19(20(29-32)23(26,27)28)22(30-33)31-12-10-16(11-13-31)14-15-4-2-1-3-5-15/h1-9,16,33H,10-14H2/b30-22-. The van der Waals surface area contributed by atoms with Crippen LogP contribution in [-0.4, -0.2) is 38.8 Å². The summed E-state index contributed by atoms with van der Waals surface area (Å²) < 4.78 is 42.6. The average molecular weight is 497 g/mol. The summed E-state index contributed by atoms with van der Waals surface area (Å²) in [7, 11) is 0. The molecule has 0 bridgehead atoms. The molecule has 5 nitrogen and oxygen atoms in total. The molecule has 1 N–H and O–H groups in total. The highest BCUT2D eigenvalue weighted by Gasteiger charge is 2.42. The van der Waals surface area contributed by atoms with Gasteiger partial charge in [-0.2, -0.15) is 18.3 Å². The Hall–Kier alpha value is -2.71. The van der Waals surface area contributed by atoms with Crippen LogP contribution in [0.25, 0.3) is 5.69 Å². The van der Waals surface area contributed by atoms with Crippen molar-refractivity contribution in [3.63, 3.8) is 0 Å². The van der Waals surface area contributed by atoms with Crippen LogP contribution in [0.4, 0.5) is 13.2 Å². The first-order valence-electron chi connectivity index (χ1n) is 10.4. The molecule has 0 spiro atoms. The lowest BCUT2D eigenvalue weighted by Crippen LogP contribution is -2.40. The van der Waals surface area contributed by atoms with Crippen molar-refractivity contribution in [2.45, 2.75) is 25.4 Å². The Bertz CT molecular complexity index is 1120. The first kappa shape index (κ1) is 23.4. The lowest BCUT2D eigenvalue weighted by Gasteiger charge is -2.33. The van der Waals surface area contributed by atoms with Gasteiger partial charge in [-0.25, -0.2) is 4.68 Å². The Morgan fingerprint density at radius 1 is 1.03 bits per heavy atom. The van der Waals surface area contributed by atoms with Gasteiger partial charge >= 0.3 is 6.18 Å². The van der Waals surface area contributed by atoms with E-state index in [1.807, 2.05) is 18.2 Å². The van der Waals surface area contributed by atoms with E-state index in [4.69, 9.17) is 23.2 Å². The number of nitrogens with zero attached hydrogens (tertiary/aromatic N) is 4. The van der Waals surface area contributed by atoms with Crippen LogP contribution < -0.4 is 0 Å². The van der Waals surface area contributed by atoms with Gasteiger partial charge < -0.3 is 10.1 Å². The molecule has 2 heterocycles. The molecule has 33 heavy (non-hydrogen) atoms. The minimum absolute atomic E-state index is 0.231. The number of likely N-dealkylation sites (tertiary alicyclic amines) is 1. The molecule has 1 saturated heterocycles. The summed E-state index contributed by atoms with van der Waals surface area (Å²) in [5.74, 6) is 0.156. The van der Waals surface area contributed by atoms with Crippen LogP contribution in [0.3, 0.4) is 0 Å². The highest BCUT2D eigenvalue weighted by molar-refractivity contribution is 6.33. The number of oxime groups is 1. The van der Waals surface area contributed by atoms with Gasteiger partial charge in [-0.05, 0) is 55.0 Å². The lowest BCUT2D eigenvalue weighted by atomic mass is 9.90. The van der Waals surface area contributed by atoms with Crippen molar-refractivity contribution < 1.29 is 18.4 Å². The van der Waals surface area contributed by atoms with Gasteiger partial charge in [0, 0.05) is 18.1 Å². The van der Waals surface area contributed by atoms with Crippen molar-refractivity contribution in [1.29, 1.82) is 0 Å². The minimum atomic E-state index is -4.79. The number of amidine groups is 1. The number of piperidine rings is 1. The molecule has 10 heteroatoms. The third-order valence-electron chi connectivity index (χ3n) is 5.77. The Morgan fingerprint density at radius 2 is 1.67 bits per heavy atom. The fourth-order valence-electron chi connectivity index (χ4n) is 4.12. The van der Waals surface area contributed by atoms with E-state index in [0.29, 0.717) is 29.7 Å². The van der Waals surface area contributed by atoms with Crippen LogP contribution in [0.1, 0.15) is 29.7 Å². The molecule has 0 saturated carbocycles. The largest absolute Gasteiger partial charge is 0.435 e. The Balaban J connectivity index is 1.61. The van der Waals surface area contributed by atoms with Crippen molar-refractivity contribution in [3.05, 3.63) is 81.6 Å². The number of rotatable bonds is 4. The summed E-state index contributed by atoms with van der Waals surface area (Å²) in [5, 5.41) is 16.8. The van der Waals surface area contributed by atoms with Crippen LogP contribution >= 0.6 is 23.2 Å². The smallest absolute Gasteiger partial charge is 0.409 e. The normalized spacial score (nSPS) is 15.8. The summed E-state index contributed by atoms with van der Waals surface area (Å²) in [6.45, 7) is 0.882. The molecule has 174 valence electrons. The third kappa shape index (κ3) is 5.12. The van der Waals surface area contributed by atoms with Gasteiger partial charge in [0.1, 0.15) is 5.15 Å². The fraction of sp³-hybridized carbons (Fsp3) is 0.304. The maximum absolute atomic E-state index is 13.9. The molecule has 1 aromatic heterocycles. The number of alkyl halides is 3. The van der Waals surface area contributed by atoms with Crippen LogP contribution in [-0.2, 0) is 12.6 Å². The van der Waals surface area contributed by atoms with Gasteiger partial charge in [0.2, 0.25) is 0 Å². The molecule has 0 atom stereocenters. The summed E-state index contributed by atoms with van der Waals surface area (Å²) in [6, 6.07) is 16.1. The quantitative estimate of drug-likeness (QED) is 0.200. The molecular formula is C23H21Cl2F3N4O. The van der Waals surface area contributed by atoms with Crippen LogP contribution in [0, 0.1) is 5.92 Å². The monoisotopic (exact) mass is 496 g/mol. The molecular weight excluding hydrogens is 476 g/mol. The molecule has 0 unspecified atom stereocenters. The highest BCUT2D eigenvalue weighted by Crippen LogP contribution is 2.37.